The normalized spacial score (nSPS) is 17.3. The van der Waals surface area contributed by atoms with Gasteiger partial charge in [-0.2, -0.15) is 0 Å². The largest absolute Gasteiger partial charge is 0.495 e. The molecule has 0 radical (unpaired) electrons. The second kappa shape index (κ2) is 12.0. The lowest BCUT2D eigenvalue weighted by Gasteiger charge is -2.31. The van der Waals surface area contributed by atoms with Gasteiger partial charge in [0.25, 0.3) is 5.91 Å². The Kier molecular flexibility index (Phi) is 8.73. The van der Waals surface area contributed by atoms with Crippen LogP contribution in [-0.2, 0) is 9.53 Å². The van der Waals surface area contributed by atoms with Crippen LogP contribution in [-0.4, -0.2) is 82.1 Å². The first-order valence-corrected chi connectivity index (χ1v) is 12.5. The molecule has 0 aliphatic carbocycles. The molecule has 194 valence electrons. The first-order valence-electron chi connectivity index (χ1n) is 11.7. The van der Waals surface area contributed by atoms with Crippen LogP contribution in [0, 0.1) is 0 Å². The third kappa shape index (κ3) is 5.46. The number of para-hydroxylation sites is 2. The fourth-order valence-electron chi connectivity index (χ4n) is 4.28. The number of nitrogens with zero attached hydrogens (tertiary/aromatic N) is 3. The maximum Gasteiger partial charge on any atom is 0.273 e. The van der Waals surface area contributed by atoms with Gasteiger partial charge in [-0.1, -0.05) is 23.5 Å². The number of rotatable bonds is 8. The van der Waals surface area contributed by atoms with Crippen LogP contribution in [0.25, 0.3) is 10.2 Å². The number of thiazole rings is 1. The van der Waals surface area contributed by atoms with Crippen molar-refractivity contribution in [2.45, 2.75) is 12.5 Å². The van der Waals surface area contributed by atoms with Gasteiger partial charge in [-0.25, -0.2) is 4.98 Å². The van der Waals surface area contributed by atoms with Crippen molar-refractivity contribution >= 4 is 45.0 Å². The molecule has 1 saturated heterocycles. The van der Waals surface area contributed by atoms with E-state index >= 15 is 0 Å². The van der Waals surface area contributed by atoms with Crippen molar-refractivity contribution in [3.8, 4) is 23.0 Å². The highest BCUT2D eigenvalue weighted by molar-refractivity contribution is 7.22. The van der Waals surface area contributed by atoms with E-state index in [2.05, 4.69) is 4.90 Å². The van der Waals surface area contributed by atoms with Crippen molar-refractivity contribution in [3.05, 3.63) is 36.4 Å². The molecule has 0 bridgehead atoms. The zero-order valence-corrected chi connectivity index (χ0v) is 21.9. The highest BCUT2D eigenvalue weighted by atomic mass is 35.5. The Morgan fingerprint density at radius 2 is 1.83 bits per heavy atom. The number of carbonyl (C=O) groups excluding carboxylic acids is 1. The Balaban J connectivity index is 0.00000304. The minimum atomic E-state index is -0.760. The minimum absolute atomic E-state index is 0. The summed E-state index contributed by atoms with van der Waals surface area (Å²) >= 11 is 1.41. The molecule has 1 unspecified atom stereocenters. The number of ether oxygens (including phenoxy) is 5. The summed E-state index contributed by atoms with van der Waals surface area (Å²) in [5.74, 6) is 2.35. The van der Waals surface area contributed by atoms with E-state index in [1.54, 1.807) is 19.1 Å². The molecule has 3 aromatic rings. The van der Waals surface area contributed by atoms with Crippen molar-refractivity contribution < 1.29 is 28.5 Å². The number of methoxy groups -OCH3 is 2. The number of hydrogen-bond donors (Lipinski definition) is 0. The fraction of sp³-hybridized carbons (Fsp3) is 0.440. The zero-order chi connectivity index (χ0) is 24.2. The summed E-state index contributed by atoms with van der Waals surface area (Å²) in [4.78, 5) is 22.6. The SMILES string of the molecule is COc1ccc(OC)c2sc(N(CCCN3CCOCC3)C(=O)C3COc4ccccc4O3)nc12.Cl. The Morgan fingerprint density at radius 1 is 1.11 bits per heavy atom. The van der Waals surface area contributed by atoms with Gasteiger partial charge in [0.05, 0.1) is 27.4 Å². The van der Waals surface area contributed by atoms with Crippen LogP contribution in [0.4, 0.5) is 5.13 Å². The smallest absolute Gasteiger partial charge is 0.273 e. The lowest BCUT2D eigenvalue weighted by atomic mass is 10.2. The standard InChI is InChI=1S/C25H29N3O6S.ClH/c1-30-19-8-9-20(31-2)23-22(19)26-25(35-23)28(11-5-10-27-12-14-32-15-13-27)24(29)21-16-33-17-6-3-4-7-18(17)34-21;/h3-4,6-9,21H,5,10-16H2,1-2H3;1H. The number of aromatic nitrogens is 1. The Labute approximate surface area is 220 Å². The summed E-state index contributed by atoms with van der Waals surface area (Å²) in [6.07, 6.45) is 0.0317. The Hall–Kier alpha value is -2.79. The van der Waals surface area contributed by atoms with Crippen LogP contribution in [0.15, 0.2) is 36.4 Å². The van der Waals surface area contributed by atoms with Gasteiger partial charge in [-0.15, -0.1) is 12.4 Å². The summed E-state index contributed by atoms with van der Waals surface area (Å²) in [7, 11) is 3.23. The van der Waals surface area contributed by atoms with Crippen LogP contribution >= 0.6 is 23.7 Å². The van der Waals surface area contributed by atoms with E-state index in [0.717, 1.165) is 44.0 Å². The third-order valence-corrected chi connectivity index (χ3v) is 7.23. The second-order valence-electron chi connectivity index (χ2n) is 8.31. The Bertz CT molecular complexity index is 1140. The molecule has 2 aliphatic rings. The van der Waals surface area contributed by atoms with Crippen LogP contribution in [0.2, 0.25) is 0 Å². The number of hydrogen-bond acceptors (Lipinski definition) is 9. The van der Waals surface area contributed by atoms with E-state index in [4.69, 9.17) is 28.7 Å². The van der Waals surface area contributed by atoms with E-state index in [1.165, 1.54) is 11.3 Å². The molecule has 36 heavy (non-hydrogen) atoms. The van der Waals surface area contributed by atoms with Crippen molar-refractivity contribution in [1.29, 1.82) is 0 Å². The fourth-order valence-corrected chi connectivity index (χ4v) is 5.39. The monoisotopic (exact) mass is 535 g/mol. The zero-order valence-electron chi connectivity index (χ0n) is 20.3. The third-order valence-electron chi connectivity index (χ3n) is 6.14. The van der Waals surface area contributed by atoms with E-state index in [1.807, 2.05) is 36.4 Å². The molecule has 0 N–H and O–H groups in total. The highest BCUT2D eigenvalue weighted by Crippen LogP contribution is 2.40. The van der Waals surface area contributed by atoms with Crippen molar-refractivity contribution in [2.24, 2.45) is 0 Å². The molecule has 3 heterocycles. The summed E-state index contributed by atoms with van der Waals surface area (Å²) in [6.45, 7) is 4.81. The molecule has 2 aromatic carbocycles. The minimum Gasteiger partial charge on any atom is -0.495 e. The first-order chi connectivity index (χ1) is 17.2. The topological polar surface area (TPSA) is 82.6 Å². The number of halogens is 1. The van der Waals surface area contributed by atoms with Gasteiger partial charge in [0.15, 0.2) is 16.6 Å². The van der Waals surface area contributed by atoms with Gasteiger partial charge in [0.2, 0.25) is 6.10 Å². The highest BCUT2D eigenvalue weighted by Gasteiger charge is 2.33. The number of morpholine rings is 1. The molecular weight excluding hydrogens is 506 g/mol. The van der Waals surface area contributed by atoms with Gasteiger partial charge in [0, 0.05) is 26.2 Å². The van der Waals surface area contributed by atoms with Gasteiger partial charge in [-0.05, 0) is 30.7 Å². The number of carbonyl (C=O) groups is 1. The molecule has 0 spiro atoms. The Morgan fingerprint density at radius 3 is 2.58 bits per heavy atom. The van der Waals surface area contributed by atoms with Crippen LogP contribution in [0.1, 0.15) is 6.42 Å². The van der Waals surface area contributed by atoms with Gasteiger partial charge >= 0.3 is 0 Å². The second-order valence-corrected chi connectivity index (χ2v) is 9.28. The average molecular weight is 536 g/mol. The van der Waals surface area contributed by atoms with Crippen LogP contribution < -0.4 is 23.8 Å². The number of amides is 1. The maximum absolute atomic E-state index is 13.8. The molecule has 1 aromatic heterocycles. The number of benzene rings is 2. The molecule has 0 saturated carbocycles. The number of fused-ring (bicyclic) bond motifs is 2. The predicted octanol–water partition coefficient (Wildman–Crippen LogP) is 3.63. The van der Waals surface area contributed by atoms with Gasteiger partial charge in [-0.3, -0.25) is 14.6 Å². The van der Waals surface area contributed by atoms with Crippen molar-refractivity contribution in [2.75, 3.05) is 65.1 Å². The van der Waals surface area contributed by atoms with E-state index in [0.29, 0.717) is 40.2 Å². The maximum atomic E-state index is 13.8. The van der Waals surface area contributed by atoms with Crippen LogP contribution in [0.3, 0.4) is 0 Å². The molecule has 11 heteroatoms. The molecule has 1 atom stereocenters. The quantitative estimate of drug-likeness (QED) is 0.432. The predicted molar refractivity (Wildman–Crippen MR) is 141 cm³/mol. The van der Waals surface area contributed by atoms with Crippen molar-refractivity contribution in [1.82, 2.24) is 9.88 Å². The molecule has 1 amide bonds. The average Bonchev–Trinajstić information content (AvgIpc) is 3.35. The van der Waals surface area contributed by atoms with E-state index in [9.17, 15) is 4.79 Å². The molecule has 5 rings (SSSR count). The van der Waals surface area contributed by atoms with Crippen molar-refractivity contribution in [3.63, 3.8) is 0 Å². The van der Waals surface area contributed by atoms with Gasteiger partial charge in [0.1, 0.15) is 28.3 Å². The first kappa shape index (κ1) is 26.3. The van der Waals surface area contributed by atoms with E-state index < -0.39 is 6.10 Å². The molecular formula is C25H30ClN3O6S. The molecule has 2 aliphatic heterocycles. The lowest BCUT2D eigenvalue weighted by molar-refractivity contribution is -0.127. The van der Waals surface area contributed by atoms with E-state index in [-0.39, 0.29) is 24.9 Å². The summed E-state index contributed by atoms with van der Waals surface area (Å²) < 4.78 is 29.2. The summed E-state index contributed by atoms with van der Waals surface area (Å²) in [6, 6.07) is 11.1. The summed E-state index contributed by atoms with van der Waals surface area (Å²) in [5.41, 5.74) is 0.670. The summed E-state index contributed by atoms with van der Waals surface area (Å²) in [5, 5.41) is 0.581. The number of anilines is 1. The van der Waals surface area contributed by atoms with Crippen LogP contribution in [0.5, 0.6) is 23.0 Å². The molecule has 9 nitrogen and oxygen atoms in total. The van der Waals surface area contributed by atoms with Gasteiger partial charge < -0.3 is 23.7 Å². The molecule has 1 fully saturated rings. The lowest BCUT2D eigenvalue weighted by Crippen LogP contribution is -2.47.